The van der Waals surface area contributed by atoms with E-state index in [-0.39, 0.29) is 29.4 Å². The van der Waals surface area contributed by atoms with Crippen molar-refractivity contribution in [1.29, 1.82) is 0 Å². The second kappa shape index (κ2) is 8.58. The smallest absolute Gasteiger partial charge is 0.315 e. The molecule has 2 rings (SSSR count). The number of esters is 1. The second-order valence-electron chi connectivity index (χ2n) is 5.16. The minimum Gasteiger partial charge on any atom is -0.465 e. The first-order valence-electron chi connectivity index (χ1n) is 7.62. The maximum atomic E-state index is 12.0. The van der Waals surface area contributed by atoms with Crippen LogP contribution in [0, 0.1) is 0 Å². The summed E-state index contributed by atoms with van der Waals surface area (Å²) in [6.45, 7) is 4.10. The molecule has 0 spiro atoms. The van der Waals surface area contributed by atoms with Crippen molar-refractivity contribution >= 4 is 34.4 Å². The Bertz CT molecular complexity index is 682. The van der Waals surface area contributed by atoms with Crippen LogP contribution in [0.1, 0.15) is 25.5 Å². The lowest BCUT2D eigenvalue weighted by atomic mass is 10.00. The highest BCUT2D eigenvalue weighted by atomic mass is 32.2. The largest absolute Gasteiger partial charge is 0.465 e. The van der Waals surface area contributed by atoms with Gasteiger partial charge in [0.1, 0.15) is 0 Å². The molecule has 0 aliphatic heterocycles. The van der Waals surface area contributed by atoms with Crippen molar-refractivity contribution in [2.24, 2.45) is 0 Å². The van der Waals surface area contributed by atoms with Crippen LogP contribution in [-0.2, 0) is 14.3 Å². The number of hydrogen-bond acceptors (Lipinski definition) is 4. The fourth-order valence-electron chi connectivity index (χ4n) is 2.42. The van der Waals surface area contributed by atoms with E-state index in [1.54, 1.807) is 6.92 Å². The van der Waals surface area contributed by atoms with Crippen LogP contribution >= 0.6 is 11.8 Å². The molecule has 0 aromatic heterocycles. The first kappa shape index (κ1) is 17.3. The van der Waals surface area contributed by atoms with E-state index in [4.69, 9.17) is 4.74 Å². The highest BCUT2D eigenvalue weighted by molar-refractivity contribution is 8.00. The van der Waals surface area contributed by atoms with Gasteiger partial charge in [0.2, 0.25) is 5.91 Å². The van der Waals surface area contributed by atoms with Gasteiger partial charge in [0, 0.05) is 0 Å². The quantitative estimate of drug-likeness (QED) is 0.791. The highest BCUT2D eigenvalue weighted by Gasteiger charge is 2.13. The molecule has 4 nitrogen and oxygen atoms in total. The Balaban J connectivity index is 1.92. The van der Waals surface area contributed by atoms with E-state index in [9.17, 15) is 9.59 Å². The average Bonchev–Trinajstić information content (AvgIpc) is 2.54. The normalized spacial score (nSPS) is 11.9. The topological polar surface area (TPSA) is 55.4 Å². The summed E-state index contributed by atoms with van der Waals surface area (Å²) in [6, 6.07) is 14.1. The van der Waals surface area contributed by atoms with Crippen LogP contribution in [0.25, 0.3) is 10.8 Å². The van der Waals surface area contributed by atoms with E-state index in [2.05, 4.69) is 23.5 Å². The molecule has 5 heteroatoms. The SMILES string of the molecule is CCOC(=O)CSCC(=O)N[C@@H](C)c1cccc2ccccc12. The standard InChI is InChI=1S/C18H21NO3S/c1-3-22-18(21)12-23-11-17(20)19-13(2)15-10-6-8-14-7-4-5-9-16(14)15/h4-10,13H,3,11-12H2,1-2H3,(H,19,20)/t13-/m0/s1. The molecular weight excluding hydrogens is 310 g/mol. The molecule has 1 atom stereocenters. The van der Waals surface area contributed by atoms with Crippen molar-refractivity contribution in [3.8, 4) is 0 Å². The number of fused-ring (bicyclic) bond motifs is 1. The molecule has 0 aliphatic carbocycles. The van der Waals surface area contributed by atoms with Gasteiger partial charge in [-0.1, -0.05) is 42.5 Å². The summed E-state index contributed by atoms with van der Waals surface area (Å²) in [6.07, 6.45) is 0. The Morgan fingerprint density at radius 3 is 2.65 bits per heavy atom. The molecule has 0 heterocycles. The summed E-state index contributed by atoms with van der Waals surface area (Å²) in [7, 11) is 0. The summed E-state index contributed by atoms with van der Waals surface area (Å²) in [4.78, 5) is 23.3. The van der Waals surface area contributed by atoms with Crippen molar-refractivity contribution in [3.05, 3.63) is 48.0 Å². The Kier molecular flexibility index (Phi) is 6.47. The molecule has 2 aromatic carbocycles. The molecule has 0 aliphatic rings. The van der Waals surface area contributed by atoms with E-state index >= 15 is 0 Å². The monoisotopic (exact) mass is 331 g/mol. The third kappa shape index (κ3) is 4.99. The number of carbonyl (C=O) groups is 2. The molecule has 2 aromatic rings. The van der Waals surface area contributed by atoms with E-state index < -0.39 is 0 Å². The molecule has 1 amide bonds. The predicted octanol–water partition coefficient (Wildman–Crippen LogP) is 3.31. The van der Waals surface area contributed by atoms with Crippen molar-refractivity contribution in [2.45, 2.75) is 19.9 Å². The molecule has 0 bridgehead atoms. The Morgan fingerprint density at radius 2 is 1.87 bits per heavy atom. The summed E-state index contributed by atoms with van der Waals surface area (Å²) in [5.41, 5.74) is 1.09. The summed E-state index contributed by atoms with van der Waals surface area (Å²) < 4.78 is 4.83. The highest BCUT2D eigenvalue weighted by Crippen LogP contribution is 2.24. The molecule has 122 valence electrons. The van der Waals surface area contributed by atoms with Crippen LogP contribution in [0.4, 0.5) is 0 Å². The fourth-order valence-corrected chi connectivity index (χ4v) is 3.04. The molecule has 0 fully saturated rings. The summed E-state index contributed by atoms with van der Waals surface area (Å²) >= 11 is 1.26. The summed E-state index contributed by atoms with van der Waals surface area (Å²) in [5.74, 6) is 0.0739. The number of amides is 1. The average molecular weight is 331 g/mol. The van der Waals surface area contributed by atoms with Gasteiger partial charge in [0.05, 0.1) is 24.2 Å². The predicted molar refractivity (Wildman–Crippen MR) is 94.5 cm³/mol. The van der Waals surface area contributed by atoms with Crippen LogP contribution in [-0.4, -0.2) is 30.0 Å². The molecular formula is C18H21NO3S. The molecule has 0 radical (unpaired) electrons. The zero-order valence-electron chi connectivity index (χ0n) is 13.4. The van der Waals surface area contributed by atoms with Gasteiger partial charge in [0.15, 0.2) is 0 Å². The van der Waals surface area contributed by atoms with Crippen LogP contribution in [0.5, 0.6) is 0 Å². The lowest BCUT2D eigenvalue weighted by molar-refractivity contribution is -0.139. The van der Waals surface area contributed by atoms with E-state index in [1.807, 2.05) is 31.2 Å². The molecule has 0 saturated carbocycles. The maximum absolute atomic E-state index is 12.0. The molecule has 0 unspecified atom stereocenters. The van der Waals surface area contributed by atoms with E-state index in [1.165, 1.54) is 11.8 Å². The van der Waals surface area contributed by atoms with Crippen molar-refractivity contribution in [3.63, 3.8) is 0 Å². The number of ether oxygens (including phenoxy) is 1. The van der Waals surface area contributed by atoms with Crippen LogP contribution in [0.15, 0.2) is 42.5 Å². The summed E-state index contributed by atoms with van der Waals surface area (Å²) in [5, 5.41) is 5.28. The van der Waals surface area contributed by atoms with Crippen molar-refractivity contribution in [2.75, 3.05) is 18.1 Å². The number of carbonyl (C=O) groups excluding carboxylic acids is 2. The zero-order chi connectivity index (χ0) is 16.7. The van der Waals surface area contributed by atoms with Gasteiger partial charge in [-0.05, 0) is 30.2 Å². The van der Waals surface area contributed by atoms with Gasteiger partial charge < -0.3 is 10.1 Å². The molecule has 23 heavy (non-hydrogen) atoms. The lowest BCUT2D eigenvalue weighted by Gasteiger charge is -2.16. The number of thioether (sulfide) groups is 1. The Labute approximate surface area is 140 Å². The van der Waals surface area contributed by atoms with E-state index in [0.29, 0.717) is 6.61 Å². The Hall–Kier alpha value is -2.01. The third-order valence-corrected chi connectivity index (χ3v) is 4.33. The Morgan fingerprint density at radius 1 is 1.13 bits per heavy atom. The number of hydrogen-bond donors (Lipinski definition) is 1. The minimum absolute atomic E-state index is 0.0836. The first-order valence-corrected chi connectivity index (χ1v) is 8.77. The molecule has 1 N–H and O–H groups in total. The second-order valence-corrected chi connectivity index (χ2v) is 6.14. The third-order valence-electron chi connectivity index (χ3n) is 3.43. The van der Waals surface area contributed by atoms with Gasteiger partial charge in [-0.25, -0.2) is 0 Å². The van der Waals surface area contributed by atoms with Gasteiger partial charge in [-0.15, -0.1) is 11.8 Å². The zero-order valence-corrected chi connectivity index (χ0v) is 14.2. The number of rotatable bonds is 7. The lowest BCUT2D eigenvalue weighted by Crippen LogP contribution is -2.28. The first-order chi connectivity index (χ1) is 11.1. The number of nitrogens with one attached hydrogen (secondary N) is 1. The van der Waals surface area contributed by atoms with Crippen LogP contribution < -0.4 is 5.32 Å². The maximum Gasteiger partial charge on any atom is 0.315 e. The number of benzene rings is 2. The van der Waals surface area contributed by atoms with Gasteiger partial charge >= 0.3 is 5.97 Å². The fraction of sp³-hybridized carbons (Fsp3) is 0.333. The minimum atomic E-state index is -0.285. The van der Waals surface area contributed by atoms with Crippen molar-refractivity contribution < 1.29 is 14.3 Å². The van der Waals surface area contributed by atoms with E-state index in [0.717, 1.165) is 16.3 Å². The van der Waals surface area contributed by atoms with Gasteiger partial charge in [-0.2, -0.15) is 0 Å². The van der Waals surface area contributed by atoms with Gasteiger partial charge in [0.25, 0.3) is 0 Å². The molecule has 0 saturated heterocycles. The van der Waals surface area contributed by atoms with Gasteiger partial charge in [-0.3, -0.25) is 9.59 Å². The van der Waals surface area contributed by atoms with Crippen molar-refractivity contribution in [1.82, 2.24) is 5.32 Å². The van der Waals surface area contributed by atoms with Crippen LogP contribution in [0.3, 0.4) is 0 Å². The van der Waals surface area contributed by atoms with Crippen LogP contribution in [0.2, 0.25) is 0 Å².